The van der Waals surface area contributed by atoms with Crippen molar-refractivity contribution in [1.82, 2.24) is 9.21 Å². The van der Waals surface area contributed by atoms with E-state index >= 15 is 0 Å². The Labute approximate surface area is 203 Å². The Hall–Kier alpha value is -1.31. The lowest BCUT2D eigenvalue weighted by atomic mass is 9.95. The molecule has 2 aliphatic rings. The molecule has 2 aliphatic heterocycles. The summed E-state index contributed by atoms with van der Waals surface area (Å²) in [7, 11) is -1.82. The Morgan fingerprint density at radius 2 is 1.88 bits per heavy atom. The maximum atomic E-state index is 13.4. The zero-order valence-electron chi connectivity index (χ0n) is 18.9. The van der Waals surface area contributed by atoms with E-state index in [1.165, 1.54) is 11.1 Å². The summed E-state index contributed by atoms with van der Waals surface area (Å²) in [5.74, 6) is 1.25. The fourth-order valence-corrected chi connectivity index (χ4v) is 6.87. The average Bonchev–Trinajstić information content (AvgIpc) is 2.76. The Balaban J connectivity index is 0.00000289. The van der Waals surface area contributed by atoms with Crippen LogP contribution in [-0.2, 0) is 23.0 Å². The fourth-order valence-electron chi connectivity index (χ4n) is 4.80. The topological polar surface area (TPSA) is 49.9 Å². The lowest BCUT2D eigenvalue weighted by Crippen LogP contribution is -2.44. The van der Waals surface area contributed by atoms with Crippen LogP contribution < -0.4 is 4.74 Å². The molecule has 2 heterocycles. The predicted octanol–water partition coefficient (Wildman–Crippen LogP) is 4.85. The number of hydrogen-bond donors (Lipinski definition) is 0. The number of rotatable bonds is 5. The molecule has 0 amide bonds. The van der Waals surface area contributed by atoms with Crippen molar-refractivity contribution in [3.63, 3.8) is 0 Å². The van der Waals surface area contributed by atoms with Crippen LogP contribution in [0.15, 0.2) is 35.2 Å². The molecule has 4 rings (SSSR count). The van der Waals surface area contributed by atoms with Crippen molar-refractivity contribution in [2.75, 3.05) is 33.3 Å². The fraction of sp³-hybridized carbons (Fsp3) is 0.500. The lowest BCUT2D eigenvalue weighted by Gasteiger charge is -2.37. The second-order valence-electron chi connectivity index (χ2n) is 8.86. The highest BCUT2D eigenvalue weighted by atomic mass is 35.5. The van der Waals surface area contributed by atoms with E-state index in [0.717, 1.165) is 50.2 Å². The van der Waals surface area contributed by atoms with Gasteiger partial charge in [0.25, 0.3) is 0 Å². The summed E-state index contributed by atoms with van der Waals surface area (Å²) in [5, 5.41) is 0.607. The molecule has 2 aromatic rings. The first-order valence-electron chi connectivity index (χ1n) is 10.9. The lowest BCUT2D eigenvalue weighted by molar-refractivity contribution is 0.167. The molecule has 0 spiro atoms. The molecule has 0 aliphatic carbocycles. The molecule has 1 atom stereocenters. The number of hydrogen-bond acceptors (Lipinski definition) is 4. The third kappa shape index (κ3) is 5.26. The molecule has 0 saturated carbocycles. The third-order valence-electron chi connectivity index (χ3n) is 6.58. The molecule has 0 N–H and O–H groups in total. The zero-order chi connectivity index (χ0) is 22.2. The monoisotopic (exact) mass is 498 g/mol. The molecule has 1 saturated heterocycles. The van der Waals surface area contributed by atoms with E-state index < -0.39 is 10.0 Å². The van der Waals surface area contributed by atoms with Gasteiger partial charge in [-0.15, -0.1) is 12.4 Å². The molecule has 8 heteroatoms. The first kappa shape index (κ1) is 25.3. The molecule has 0 bridgehead atoms. The van der Waals surface area contributed by atoms with E-state index in [0.29, 0.717) is 34.5 Å². The number of ether oxygens (including phenoxy) is 1. The van der Waals surface area contributed by atoms with E-state index in [1.807, 2.05) is 19.9 Å². The minimum absolute atomic E-state index is 0. The zero-order valence-corrected chi connectivity index (χ0v) is 21.3. The van der Waals surface area contributed by atoms with Crippen LogP contribution in [-0.4, -0.2) is 50.9 Å². The summed E-state index contributed by atoms with van der Waals surface area (Å²) in [6, 6.07) is 9.78. The van der Waals surface area contributed by atoms with Gasteiger partial charge in [-0.2, -0.15) is 4.31 Å². The van der Waals surface area contributed by atoms with Crippen molar-refractivity contribution in [3.8, 4) is 5.75 Å². The molecule has 1 fully saturated rings. The Kier molecular flexibility index (Phi) is 8.16. The van der Waals surface area contributed by atoms with Crippen molar-refractivity contribution < 1.29 is 13.2 Å². The summed E-state index contributed by atoms with van der Waals surface area (Å²) < 4.78 is 33.8. The molecule has 32 heavy (non-hydrogen) atoms. The largest absolute Gasteiger partial charge is 0.497 e. The van der Waals surface area contributed by atoms with Crippen molar-refractivity contribution in [2.45, 2.75) is 44.6 Å². The standard InChI is InChI=1S/C24H31ClN2O3S.ClH/c1-17-12-24(18(2)11-23(17)25)31(28,29)27-9-4-5-19(15-27)14-26-10-8-20-13-22(30-3)7-6-21(20)16-26;/h6-7,11-13,19H,4-5,8-10,14-16H2,1-3H3;1H. The first-order valence-corrected chi connectivity index (χ1v) is 12.7. The molecule has 0 radical (unpaired) electrons. The summed E-state index contributed by atoms with van der Waals surface area (Å²) in [6.07, 6.45) is 2.97. The highest BCUT2D eigenvalue weighted by molar-refractivity contribution is 7.89. The van der Waals surface area contributed by atoms with Crippen LogP contribution >= 0.6 is 24.0 Å². The van der Waals surface area contributed by atoms with Gasteiger partial charge in [-0.1, -0.05) is 17.7 Å². The second-order valence-corrected chi connectivity index (χ2v) is 11.2. The van der Waals surface area contributed by atoms with Gasteiger partial charge in [0.15, 0.2) is 0 Å². The highest BCUT2D eigenvalue weighted by Crippen LogP contribution is 2.30. The molecular weight excluding hydrogens is 467 g/mol. The molecule has 5 nitrogen and oxygen atoms in total. The highest BCUT2D eigenvalue weighted by Gasteiger charge is 2.32. The Morgan fingerprint density at radius 3 is 2.62 bits per heavy atom. The van der Waals surface area contributed by atoms with Crippen LogP contribution in [0.5, 0.6) is 5.75 Å². The van der Waals surface area contributed by atoms with E-state index in [2.05, 4.69) is 17.0 Å². The van der Waals surface area contributed by atoms with Crippen molar-refractivity contribution >= 4 is 34.0 Å². The second kappa shape index (κ2) is 10.3. The number of nitrogens with zero attached hydrogens (tertiary/aromatic N) is 2. The van der Waals surface area contributed by atoms with E-state index in [4.69, 9.17) is 16.3 Å². The van der Waals surface area contributed by atoms with E-state index in [-0.39, 0.29) is 12.4 Å². The van der Waals surface area contributed by atoms with Crippen molar-refractivity contribution in [1.29, 1.82) is 0 Å². The maximum absolute atomic E-state index is 13.4. The molecule has 0 aromatic heterocycles. The average molecular weight is 500 g/mol. The van der Waals surface area contributed by atoms with Gasteiger partial charge in [-0.25, -0.2) is 8.42 Å². The Morgan fingerprint density at radius 1 is 1.09 bits per heavy atom. The van der Waals surface area contributed by atoms with Gasteiger partial charge in [0, 0.05) is 37.7 Å². The molecule has 176 valence electrons. The number of aryl methyl sites for hydroxylation is 2. The van der Waals surface area contributed by atoms with Gasteiger partial charge in [-0.05, 0) is 85.5 Å². The van der Waals surface area contributed by atoms with Crippen LogP contribution in [0.25, 0.3) is 0 Å². The number of piperidine rings is 1. The minimum Gasteiger partial charge on any atom is -0.497 e. The Bertz CT molecular complexity index is 1080. The summed E-state index contributed by atoms with van der Waals surface area (Å²) >= 11 is 6.19. The smallest absolute Gasteiger partial charge is 0.243 e. The van der Waals surface area contributed by atoms with E-state index in [9.17, 15) is 8.42 Å². The van der Waals surface area contributed by atoms with Gasteiger partial charge in [0.2, 0.25) is 10.0 Å². The van der Waals surface area contributed by atoms with Gasteiger partial charge in [0.05, 0.1) is 12.0 Å². The molecular formula is C24H32Cl2N2O3S. The predicted molar refractivity (Wildman–Crippen MR) is 132 cm³/mol. The number of methoxy groups -OCH3 is 1. The summed E-state index contributed by atoms with van der Waals surface area (Å²) in [6.45, 7) is 7.68. The van der Waals surface area contributed by atoms with Gasteiger partial charge in [-0.3, -0.25) is 4.90 Å². The van der Waals surface area contributed by atoms with Crippen LogP contribution in [0.1, 0.15) is 35.1 Å². The molecule has 2 aromatic carbocycles. The summed E-state index contributed by atoms with van der Waals surface area (Å²) in [5.41, 5.74) is 4.21. The van der Waals surface area contributed by atoms with Crippen LogP contribution in [0.4, 0.5) is 0 Å². The SMILES string of the molecule is COc1ccc2c(c1)CCN(CC1CCCN(S(=O)(=O)c3cc(C)c(Cl)cc3C)C1)C2.Cl. The minimum atomic E-state index is -3.52. The first-order chi connectivity index (χ1) is 14.8. The van der Waals surface area contributed by atoms with Gasteiger partial charge < -0.3 is 4.74 Å². The number of fused-ring (bicyclic) bond motifs is 1. The van der Waals surface area contributed by atoms with Crippen LogP contribution in [0.3, 0.4) is 0 Å². The third-order valence-corrected chi connectivity index (χ3v) is 8.99. The van der Waals surface area contributed by atoms with Crippen LogP contribution in [0.2, 0.25) is 5.02 Å². The quantitative estimate of drug-likeness (QED) is 0.591. The number of sulfonamides is 1. The summed E-state index contributed by atoms with van der Waals surface area (Å²) in [4.78, 5) is 2.85. The number of benzene rings is 2. The normalized spacial score (nSPS) is 19.8. The number of halogens is 2. The van der Waals surface area contributed by atoms with Gasteiger partial charge in [0.1, 0.15) is 5.75 Å². The van der Waals surface area contributed by atoms with Crippen LogP contribution in [0, 0.1) is 19.8 Å². The molecule has 1 unspecified atom stereocenters. The maximum Gasteiger partial charge on any atom is 0.243 e. The van der Waals surface area contributed by atoms with Crippen molar-refractivity contribution in [2.24, 2.45) is 5.92 Å². The van der Waals surface area contributed by atoms with E-state index in [1.54, 1.807) is 23.5 Å². The van der Waals surface area contributed by atoms with Gasteiger partial charge >= 0.3 is 0 Å². The van der Waals surface area contributed by atoms with Crippen molar-refractivity contribution in [3.05, 3.63) is 57.6 Å².